The summed E-state index contributed by atoms with van der Waals surface area (Å²) in [5.74, 6) is 1.60. The van der Waals surface area contributed by atoms with Crippen molar-refractivity contribution in [3.8, 4) is 17.2 Å². The van der Waals surface area contributed by atoms with Gasteiger partial charge in [-0.1, -0.05) is 25.5 Å². The molecule has 0 bridgehead atoms. The molecule has 26 heavy (non-hydrogen) atoms. The number of nitrogens with zero attached hydrogens (tertiary/aromatic N) is 1. The van der Waals surface area contributed by atoms with Gasteiger partial charge in [0.2, 0.25) is 0 Å². The first kappa shape index (κ1) is 19.3. The van der Waals surface area contributed by atoms with Crippen molar-refractivity contribution in [1.29, 1.82) is 0 Å². The highest BCUT2D eigenvalue weighted by molar-refractivity contribution is 5.85. The summed E-state index contributed by atoms with van der Waals surface area (Å²) in [6.45, 7) is 2.03. The SMILES string of the molecule is CCCc1ccc(OCC(=O)N/N=C/c2ccc(OC)cc2OC)cc1. The summed E-state index contributed by atoms with van der Waals surface area (Å²) in [6, 6.07) is 13.1. The number of nitrogens with one attached hydrogen (secondary N) is 1. The van der Waals surface area contributed by atoms with Gasteiger partial charge in [0.15, 0.2) is 6.61 Å². The number of carbonyl (C=O) groups excluding carboxylic acids is 1. The fourth-order valence-corrected chi connectivity index (χ4v) is 2.32. The lowest BCUT2D eigenvalue weighted by molar-refractivity contribution is -0.123. The van der Waals surface area contributed by atoms with E-state index in [0.29, 0.717) is 17.2 Å². The lowest BCUT2D eigenvalue weighted by Crippen LogP contribution is -2.24. The Hall–Kier alpha value is -3.02. The van der Waals surface area contributed by atoms with E-state index >= 15 is 0 Å². The average Bonchev–Trinajstić information content (AvgIpc) is 2.68. The highest BCUT2D eigenvalue weighted by Crippen LogP contribution is 2.23. The summed E-state index contributed by atoms with van der Waals surface area (Å²) in [5.41, 5.74) is 4.41. The predicted octanol–water partition coefficient (Wildman–Crippen LogP) is 3.19. The van der Waals surface area contributed by atoms with Crippen LogP contribution < -0.4 is 19.6 Å². The number of hydrogen-bond acceptors (Lipinski definition) is 5. The molecule has 0 saturated heterocycles. The number of rotatable bonds is 9. The highest BCUT2D eigenvalue weighted by atomic mass is 16.5. The summed E-state index contributed by atoms with van der Waals surface area (Å²) in [5, 5.41) is 3.93. The Kier molecular flexibility index (Phi) is 7.49. The van der Waals surface area contributed by atoms with Crippen molar-refractivity contribution in [2.45, 2.75) is 19.8 Å². The molecule has 0 aliphatic heterocycles. The summed E-state index contributed by atoms with van der Waals surface area (Å²) in [4.78, 5) is 11.8. The average molecular weight is 356 g/mol. The third-order valence-corrected chi connectivity index (χ3v) is 3.67. The van der Waals surface area contributed by atoms with Crippen LogP contribution in [0.3, 0.4) is 0 Å². The molecule has 2 rings (SSSR count). The number of amides is 1. The van der Waals surface area contributed by atoms with Crippen molar-refractivity contribution < 1.29 is 19.0 Å². The van der Waals surface area contributed by atoms with E-state index in [0.717, 1.165) is 18.4 Å². The number of hydrazone groups is 1. The maximum Gasteiger partial charge on any atom is 0.277 e. The van der Waals surface area contributed by atoms with Gasteiger partial charge in [-0.25, -0.2) is 5.43 Å². The van der Waals surface area contributed by atoms with Gasteiger partial charge in [0, 0.05) is 11.6 Å². The van der Waals surface area contributed by atoms with Crippen molar-refractivity contribution in [2.75, 3.05) is 20.8 Å². The molecule has 0 aliphatic rings. The number of aryl methyl sites for hydroxylation is 1. The molecule has 1 amide bonds. The van der Waals surface area contributed by atoms with Crippen LogP contribution in [0.25, 0.3) is 0 Å². The van der Waals surface area contributed by atoms with Crippen LogP contribution >= 0.6 is 0 Å². The fraction of sp³-hybridized carbons (Fsp3) is 0.300. The van der Waals surface area contributed by atoms with E-state index in [1.807, 2.05) is 24.3 Å². The first-order valence-corrected chi connectivity index (χ1v) is 8.42. The normalized spacial score (nSPS) is 10.6. The van der Waals surface area contributed by atoms with Gasteiger partial charge in [-0.05, 0) is 36.2 Å². The minimum absolute atomic E-state index is 0.107. The summed E-state index contributed by atoms with van der Waals surface area (Å²) >= 11 is 0. The summed E-state index contributed by atoms with van der Waals surface area (Å²) in [6.07, 6.45) is 3.64. The number of ether oxygens (including phenoxy) is 3. The lowest BCUT2D eigenvalue weighted by Gasteiger charge is -2.07. The zero-order chi connectivity index (χ0) is 18.8. The van der Waals surface area contributed by atoms with Crippen LogP contribution in [0.2, 0.25) is 0 Å². The van der Waals surface area contributed by atoms with Gasteiger partial charge in [-0.15, -0.1) is 0 Å². The van der Waals surface area contributed by atoms with E-state index in [1.54, 1.807) is 32.4 Å². The minimum Gasteiger partial charge on any atom is -0.497 e. The van der Waals surface area contributed by atoms with E-state index < -0.39 is 0 Å². The minimum atomic E-state index is -0.341. The zero-order valence-electron chi connectivity index (χ0n) is 15.3. The van der Waals surface area contributed by atoms with Gasteiger partial charge >= 0.3 is 0 Å². The number of methoxy groups -OCH3 is 2. The first-order chi connectivity index (χ1) is 12.7. The van der Waals surface area contributed by atoms with Crippen LogP contribution in [-0.2, 0) is 11.2 Å². The second kappa shape index (κ2) is 10.1. The zero-order valence-corrected chi connectivity index (χ0v) is 15.3. The smallest absolute Gasteiger partial charge is 0.277 e. The maximum absolute atomic E-state index is 11.8. The van der Waals surface area contributed by atoms with Crippen LogP contribution in [0.1, 0.15) is 24.5 Å². The van der Waals surface area contributed by atoms with E-state index in [-0.39, 0.29) is 12.5 Å². The predicted molar refractivity (Wildman–Crippen MR) is 101 cm³/mol. The summed E-state index contributed by atoms with van der Waals surface area (Å²) < 4.78 is 15.9. The highest BCUT2D eigenvalue weighted by Gasteiger charge is 2.04. The molecule has 0 radical (unpaired) electrons. The molecule has 1 N–H and O–H groups in total. The topological polar surface area (TPSA) is 69.2 Å². The van der Waals surface area contributed by atoms with E-state index in [9.17, 15) is 4.79 Å². The van der Waals surface area contributed by atoms with Gasteiger partial charge in [0.25, 0.3) is 5.91 Å². The molecule has 2 aromatic carbocycles. The Labute approximate surface area is 153 Å². The van der Waals surface area contributed by atoms with Gasteiger partial charge in [-0.3, -0.25) is 4.79 Å². The number of carbonyl (C=O) groups is 1. The third kappa shape index (κ3) is 5.81. The quantitative estimate of drug-likeness (QED) is 0.553. The number of hydrogen-bond donors (Lipinski definition) is 1. The van der Waals surface area contributed by atoms with Crippen LogP contribution in [0.15, 0.2) is 47.6 Å². The van der Waals surface area contributed by atoms with E-state index in [1.165, 1.54) is 11.8 Å². The second-order valence-corrected chi connectivity index (χ2v) is 5.58. The lowest BCUT2D eigenvalue weighted by atomic mass is 10.1. The van der Waals surface area contributed by atoms with Crippen LogP contribution in [0.4, 0.5) is 0 Å². The Morgan fingerprint density at radius 2 is 1.81 bits per heavy atom. The molecule has 0 aliphatic carbocycles. The van der Waals surface area contributed by atoms with Gasteiger partial charge in [-0.2, -0.15) is 5.10 Å². The molecule has 2 aromatic rings. The van der Waals surface area contributed by atoms with Crippen molar-refractivity contribution in [2.24, 2.45) is 5.10 Å². The van der Waals surface area contributed by atoms with Gasteiger partial charge in [0.1, 0.15) is 17.2 Å². The molecule has 0 aromatic heterocycles. The Morgan fingerprint density at radius 1 is 1.08 bits per heavy atom. The molecular weight excluding hydrogens is 332 g/mol. The molecule has 0 unspecified atom stereocenters. The number of benzene rings is 2. The van der Waals surface area contributed by atoms with Crippen LogP contribution in [-0.4, -0.2) is 32.9 Å². The Bertz CT molecular complexity index is 742. The van der Waals surface area contributed by atoms with Crippen LogP contribution in [0, 0.1) is 0 Å². The molecule has 0 heterocycles. The molecule has 0 fully saturated rings. The first-order valence-electron chi connectivity index (χ1n) is 8.42. The van der Waals surface area contributed by atoms with Crippen molar-refractivity contribution >= 4 is 12.1 Å². The Morgan fingerprint density at radius 3 is 2.46 bits per heavy atom. The fourth-order valence-electron chi connectivity index (χ4n) is 2.32. The van der Waals surface area contributed by atoms with Crippen LogP contribution in [0.5, 0.6) is 17.2 Å². The van der Waals surface area contributed by atoms with E-state index in [4.69, 9.17) is 14.2 Å². The molecule has 138 valence electrons. The Balaban J connectivity index is 1.83. The monoisotopic (exact) mass is 356 g/mol. The molecule has 0 atom stereocenters. The third-order valence-electron chi connectivity index (χ3n) is 3.67. The van der Waals surface area contributed by atoms with E-state index in [2.05, 4.69) is 17.5 Å². The molecular formula is C20H24N2O4. The van der Waals surface area contributed by atoms with Crippen molar-refractivity contribution in [3.05, 3.63) is 53.6 Å². The van der Waals surface area contributed by atoms with Crippen molar-refractivity contribution in [1.82, 2.24) is 5.43 Å². The standard InChI is InChI=1S/C20H24N2O4/c1-4-5-15-6-9-17(10-7-15)26-14-20(23)22-21-13-16-8-11-18(24-2)12-19(16)25-3/h6-13H,4-5,14H2,1-3H3,(H,22,23)/b21-13+. The van der Waals surface area contributed by atoms with Gasteiger partial charge in [0.05, 0.1) is 20.4 Å². The summed E-state index contributed by atoms with van der Waals surface area (Å²) in [7, 11) is 3.14. The second-order valence-electron chi connectivity index (χ2n) is 5.58. The molecule has 6 nitrogen and oxygen atoms in total. The molecule has 0 saturated carbocycles. The molecule has 6 heteroatoms. The van der Waals surface area contributed by atoms with Gasteiger partial charge < -0.3 is 14.2 Å². The van der Waals surface area contributed by atoms with Crippen molar-refractivity contribution in [3.63, 3.8) is 0 Å². The largest absolute Gasteiger partial charge is 0.497 e. The molecule has 0 spiro atoms. The maximum atomic E-state index is 11.8.